The first-order valence-corrected chi connectivity index (χ1v) is 8.63. The Balaban J connectivity index is 1.42. The number of anilines is 2. The van der Waals surface area contributed by atoms with Crippen LogP contribution in [-0.2, 0) is 0 Å². The van der Waals surface area contributed by atoms with Gasteiger partial charge in [-0.2, -0.15) is 4.98 Å². The van der Waals surface area contributed by atoms with Gasteiger partial charge < -0.3 is 4.52 Å². The standard InChI is InChI=1S/C19H12FN7O/c20-13-7-5-12(6-8-13)18-23-19(24-28-18)26-11-22-17-14-3-1-2-4-15(14)25-10-21-9-16(25)27(17)26/h1-10H,11H2. The molecule has 0 unspecified atom stereocenters. The van der Waals surface area contributed by atoms with Crippen LogP contribution in [0.2, 0.25) is 0 Å². The molecule has 0 saturated heterocycles. The third kappa shape index (κ3) is 2.04. The zero-order valence-electron chi connectivity index (χ0n) is 14.4. The van der Waals surface area contributed by atoms with Crippen LogP contribution in [0.15, 0.2) is 70.6 Å². The average molecular weight is 373 g/mol. The predicted molar refractivity (Wildman–Crippen MR) is 99.6 cm³/mol. The van der Waals surface area contributed by atoms with Gasteiger partial charge in [0, 0.05) is 11.1 Å². The fraction of sp³-hybridized carbons (Fsp3) is 0.0526. The van der Waals surface area contributed by atoms with E-state index in [0.717, 1.165) is 22.9 Å². The minimum Gasteiger partial charge on any atom is -0.332 e. The lowest BCUT2D eigenvalue weighted by molar-refractivity contribution is 0.429. The van der Waals surface area contributed by atoms with Gasteiger partial charge in [-0.3, -0.25) is 4.57 Å². The van der Waals surface area contributed by atoms with E-state index in [4.69, 9.17) is 4.52 Å². The van der Waals surface area contributed by atoms with Crippen LogP contribution in [0.4, 0.5) is 16.2 Å². The van der Waals surface area contributed by atoms with Crippen molar-refractivity contribution < 1.29 is 8.91 Å². The van der Waals surface area contributed by atoms with Crippen LogP contribution in [0.1, 0.15) is 5.56 Å². The number of imidazole rings is 1. The van der Waals surface area contributed by atoms with E-state index in [1.54, 1.807) is 24.7 Å². The quantitative estimate of drug-likeness (QED) is 0.538. The van der Waals surface area contributed by atoms with E-state index in [1.807, 2.05) is 38.9 Å². The zero-order valence-corrected chi connectivity index (χ0v) is 14.4. The SMILES string of the molecule is Fc1ccc(-c2nc(N3CN=C4c5ccccc5-n5cncc5N43)no2)cc1. The van der Waals surface area contributed by atoms with Crippen LogP contribution in [0.5, 0.6) is 0 Å². The minimum absolute atomic E-state index is 0.314. The molecule has 2 aromatic carbocycles. The molecule has 0 atom stereocenters. The molecule has 28 heavy (non-hydrogen) atoms. The molecule has 2 aliphatic rings. The van der Waals surface area contributed by atoms with Crippen molar-refractivity contribution in [1.29, 1.82) is 0 Å². The van der Waals surface area contributed by atoms with E-state index in [0.29, 0.717) is 24.1 Å². The monoisotopic (exact) mass is 373 g/mol. The van der Waals surface area contributed by atoms with Gasteiger partial charge in [0.25, 0.3) is 11.8 Å². The van der Waals surface area contributed by atoms with Gasteiger partial charge in [0.1, 0.15) is 18.8 Å². The van der Waals surface area contributed by atoms with Crippen LogP contribution in [0.3, 0.4) is 0 Å². The van der Waals surface area contributed by atoms with Crippen molar-refractivity contribution in [3.63, 3.8) is 0 Å². The number of amidine groups is 1. The van der Waals surface area contributed by atoms with Gasteiger partial charge in [-0.05, 0) is 41.6 Å². The summed E-state index contributed by atoms with van der Waals surface area (Å²) in [5.74, 6) is 2.00. The molecule has 0 spiro atoms. The van der Waals surface area contributed by atoms with E-state index in [9.17, 15) is 4.39 Å². The van der Waals surface area contributed by atoms with Crippen molar-refractivity contribution in [2.45, 2.75) is 0 Å². The van der Waals surface area contributed by atoms with Gasteiger partial charge in [-0.25, -0.2) is 24.4 Å². The summed E-state index contributed by atoms with van der Waals surface area (Å²) in [6.07, 6.45) is 3.53. The molecule has 0 fully saturated rings. The van der Waals surface area contributed by atoms with Gasteiger partial charge in [-0.15, -0.1) is 0 Å². The number of hydrogen-bond acceptors (Lipinski definition) is 7. The summed E-state index contributed by atoms with van der Waals surface area (Å²) in [5, 5.41) is 7.84. The number of para-hydroxylation sites is 1. The molecule has 0 aliphatic carbocycles. The van der Waals surface area contributed by atoms with E-state index in [1.165, 1.54) is 12.1 Å². The normalized spacial score (nSPS) is 14.5. The highest BCUT2D eigenvalue weighted by Crippen LogP contribution is 2.35. The maximum Gasteiger partial charge on any atom is 0.287 e. The lowest BCUT2D eigenvalue weighted by atomic mass is 10.1. The van der Waals surface area contributed by atoms with Crippen molar-refractivity contribution in [3.8, 4) is 17.1 Å². The molecule has 2 aliphatic heterocycles. The Morgan fingerprint density at radius 3 is 2.79 bits per heavy atom. The van der Waals surface area contributed by atoms with Crippen LogP contribution >= 0.6 is 0 Å². The van der Waals surface area contributed by atoms with Crippen LogP contribution in [0, 0.1) is 5.82 Å². The van der Waals surface area contributed by atoms with E-state index < -0.39 is 0 Å². The number of rotatable bonds is 2. The molecule has 8 nitrogen and oxygen atoms in total. The minimum atomic E-state index is -0.318. The number of aromatic nitrogens is 4. The van der Waals surface area contributed by atoms with Crippen molar-refractivity contribution in [1.82, 2.24) is 19.7 Å². The molecule has 0 saturated carbocycles. The Hall–Kier alpha value is -4.01. The number of aliphatic imine (C=N–C) groups is 1. The highest BCUT2D eigenvalue weighted by atomic mass is 19.1. The van der Waals surface area contributed by atoms with Gasteiger partial charge in [-0.1, -0.05) is 12.1 Å². The second kappa shape index (κ2) is 5.49. The number of nitrogens with zero attached hydrogens (tertiary/aromatic N) is 7. The summed E-state index contributed by atoms with van der Waals surface area (Å²) in [7, 11) is 0. The molecule has 4 heterocycles. The Labute approximate surface area is 158 Å². The number of fused-ring (bicyclic) bond motifs is 6. The van der Waals surface area contributed by atoms with Crippen LogP contribution < -0.4 is 10.0 Å². The molecule has 136 valence electrons. The lowest BCUT2D eigenvalue weighted by Crippen LogP contribution is -2.45. The average Bonchev–Trinajstić information content (AvgIpc) is 3.46. The van der Waals surface area contributed by atoms with Crippen molar-refractivity contribution in [2.75, 3.05) is 16.7 Å². The zero-order chi connectivity index (χ0) is 18.7. The molecule has 2 aromatic heterocycles. The van der Waals surface area contributed by atoms with E-state index in [-0.39, 0.29) is 5.82 Å². The number of benzene rings is 2. The van der Waals surface area contributed by atoms with E-state index >= 15 is 0 Å². The van der Waals surface area contributed by atoms with Crippen molar-refractivity contribution in [3.05, 3.63) is 72.4 Å². The van der Waals surface area contributed by atoms with Crippen molar-refractivity contribution in [2.24, 2.45) is 4.99 Å². The maximum absolute atomic E-state index is 13.2. The summed E-state index contributed by atoms with van der Waals surface area (Å²) < 4.78 is 20.6. The summed E-state index contributed by atoms with van der Waals surface area (Å²) in [5.41, 5.74) is 2.67. The number of halogens is 1. The Morgan fingerprint density at radius 1 is 1.04 bits per heavy atom. The van der Waals surface area contributed by atoms with Gasteiger partial charge in [0.2, 0.25) is 0 Å². The first-order chi connectivity index (χ1) is 13.8. The topological polar surface area (TPSA) is 75.6 Å². The number of hydrazine groups is 1. The smallest absolute Gasteiger partial charge is 0.287 e. The molecule has 6 rings (SSSR count). The summed E-state index contributed by atoms with van der Waals surface area (Å²) >= 11 is 0. The summed E-state index contributed by atoms with van der Waals surface area (Å²) in [6, 6.07) is 13.9. The highest BCUT2D eigenvalue weighted by Gasteiger charge is 2.38. The molecular weight excluding hydrogens is 361 g/mol. The Morgan fingerprint density at radius 2 is 1.89 bits per heavy atom. The van der Waals surface area contributed by atoms with Gasteiger partial charge in [0.05, 0.1) is 11.9 Å². The Kier molecular flexibility index (Phi) is 2.96. The van der Waals surface area contributed by atoms with Crippen LogP contribution in [0.25, 0.3) is 17.1 Å². The molecule has 0 N–H and O–H groups in total. The summed E-state index contributed by atoms with van der Waals surface area (Å²) in [4.78, 5) is 13.5. The van der Waals surface area contributed by atoms with E-state index in [2.05, 4.69) is 20.1 Å². The predicted octanol–water partition coefficient (Wildman–Crippen LogP) is 3.02. The first-order valence-electron chi connectivity index (χ1n) is 8.63. The lowest BCUT2D eigenvalue weighted by Gasteiger charge is -2.33. The molecule has 9 heteroatoms. The van der Waals surface area contributed by atoms with Gasteiger partial charge in [0.15, 0.2) is 11.7 Å². The summed E-state index contributed by atoms with van der Waals surface area (Å²) in [6.45, 7) is 0.344. The highest BCUT2D eigenvalue weighted by molar-refractivity contribution is 6.16. The maximum atomic E-state index is 13.2. The third-order valence-electron chi connectivity index (χ3n) is 4.77. The Bertz CT molecular complexity index is 1230. The van der Waals surface area contributed by atoms with Crippen molar-refractivity contribution >= 4 is 17.6 Å². The molecule has 0 radical (unpaired) electrons. The fourth-order valence-corrected chi connectivity index (χ4v) is 3.50. The molecule has 0 bridgehead atoms. The second-order valence-electron chi connectivity index (χ2n) is 6.38. The number of hydrogen-bond donors (Lipinski definition) is 0. The third-order valence-corrected chi connectivity index (χ3v) is 4.77. The molecule has 0 amide bonds. The molecule has 4 aromatic rings. The van der Waals surface area contributed by atoms with Crippen LogP contribution in [-0.4, -0.2) is 32.2 Å². The largest absolute Gasteiger partial charge is 0.332 e. The second-order valence-corrected chi connectivity index (χ2v) is 6.38. The van der Waals surface area contributed by atoms with Gasteiger partial charge >= 0.3 is 0 Å². The fourth-order valence-electron chi connectivity index (χ4n) is 3.50. The first kappa shape index (κ1) is 15.1. The molecular formula is C19H12FN7O.